The van der Waals surface area contributed by atoms with Crippen LogP contribution < -0.4 is 5.32 Å². The van der Waals surface area contributed by atoms with Crippen molar-refractivity contribution < 1.29 is 0 Å². The average molecular weight is 238 g/mol. The van der Waals surface area contributed by atoms with E-state index in [9.17, 15) is 0 Å². The lowest BCUT2D eigenvalue weighted by atomic mass is 9.79. The molecule has 0 bridgehead atoms. The van der Waals surface area contributed by atoms with Crippen LogP contribution in [0.2, 0.25) is 0 Å². The quantitative estimate of drug-likeness (QED) is 0.813. The second-order valence-electron chi connectivity index (χ2n) is 6.60. The summed E-state index contributed by atoms with van der Waals surface area (Å²) in [6.45, 7) is 7.32. The van der Waals surface area contributed by atoms with E-state index in [2.05, 4.69) is 31.1 Å². The van der Waals surface area contributed by atoms with Gasteiger partial charge in [0.2, 0.25) is 0 Å². The Morgan fingerprint density at radius 1 is 0.882 bits per heavy atom. The van der Waals surface area contributed by atoms with Crippen LogP contribution in [0.3, 0.4) is 0 Å². The average Bonchev–Trinajstić information content (AvgIpc) is 2.33. The molecule has 0 radical (unpaired) electrons. The van der Waals surface area contributed by atoms with Crippen LogP contribution in [0.1, 0.15) is 52.4 Å². The van der Waals surface area contributed by atoms with Crippen molar-refractivity contribution >= 4 is 0 Å². The minimum atomic E-state index is 0.798. The van der Waals surface area contributed by atoms with Crippen LogP contribution in [0.4, 0.5) is 0 Å². The molecule has 2 aliphatic rings. The predicted octanol–water partition coefficient (Wildman–Crippen LogP) is 2.89. The number of piperidine rings is 1. The summed E-state index contributed by atoms with van der Waals surface area (Å²) >= 11 is 0. The van der Waals surface area contributed by atoms with Crippen LogP contribution in [-0.4, -0.2) is 37.1 Å². The minimum absolute atomic E-state index is 0.798. The molecule has 1 N–H and O–H groups in total. The third kappa shape index (κ3) is 3.96. The lowest BCUT2D eigenvalue weighted by Crippen LogP contribution is -2.46. The van der Waals surface area contributed by atoms with Crippen LogP contribution >= 0.6 is 0 Å². The van der Waals surface area contributed by atoms with Crippen molar-refractivity contribution in [2.75, 3.05) is 20.1 Å². The normalized spacial score (nSPS) is 33.2. The molecule has 17 heavy (non-hydrogen) atoms. The number of likely N-dealkylation sites (tertiary alicyclic amines) is 1. The first-order chi connectivity index (χ1) is 8.15. The van der Waals surface area contributed by atoms with Crippen LogP contribution in [0.25, 0.3) is 0 Å². The fourth-order valence-corrected chi connectivity index (χ4v) is 3.46. The van der Waals surface area contributed by atoms with Crippen LogP contribution in [-0.2, 0) is 0 Å². The fourth-order valence-electron chi connectivity index (χ4n) is 3.46. The van der Waals surface area contributed by atoms with Gasteiger partial charge in [-0.3, -0.25) is 0 Å². The molecular formula is C15H30N2. The Morgan fingerprint density at radius 2 is 1.41 bits per heavy atom. The highest BCUT2D eigenvalue weighted by molar-refractivity contribution is 4.83. The molecule has 0 unspecified atom stereocenters. The Balaban J connectivity index is 1.67. The molecule has 0 spiro atoms. The van der Waals surface area contributed by atoms with Crippen LogP contribution in [0, 0.1) is 11.8 Å². The third-order valence-electron chi connectivity index (χ3n) is 4.90. The number of hydrogen-bond acceptors (Lipinski definition) is 2. The van der Waals surface area contributed by atoms with E-state index in [4.69, 9.17) is 0 Å². The molecule has 0 amide bonds. The van der Waals surface area contributed by atoms with Gasteiger partial charge in [0, 0.05) is 12.1 Å². The zero-order valence-corrected chi connectivity index (χ0v) is 11.9. The van der Waals surface area contributed by atoms with Gasteiger partial charge in [0.15, 0.2) is 0 Å². The third-order valence-corrected chi connectivity index (χ3v) is 4.90. The molecule has 0 aromatic heterocycles. The summed E-state index contributed by atoms with van der Waals surface area (Å²) in [6, 6.07) is 1.62. The van der Waals surface area contributed by atoms with Gasteiger partial charge in [-0.15, -0.1) is 0 Å². The number of rotatable bonds is 3. The summed E-state index contributed by atoms with van der Waals surface area (Å²) < 4.78 is 0. The van der Waals surface area contributed by atoms with Crippen LogP contribution in [0.15, 0.2) is 0 Å². The van der Waals surface area contributed by atoms with E-state index in [1.165, 1.54) is 51.6 Å². The van der Waals surface area contributed by atoms with Gasteiger partial charge < -0.3 is 10.2 Å². The zero-order valence-electron chi connectivity index (χ0n) is 11.9. The molecule has 1 saturated carbocycles. The largest absolute Gasteiger partial charge is 0.311 e. The minimum Gasteiger partial charge on any atom is -0.311 e. The molecular weight excluding hydrogens is 208 g/mol. The summed E-state index contributed by atoms with van der Waals surface area (Å²) in [7, 11) is 2.24. The summed E-state index contributed by atoms with van der Waals surface area (Å²) in [5.74, 6) is 1.88. The van der Waals surface area contributed by atoms with E-state index >= 15 is 0 Å². The van der Waals surface area contributed by atoms with Crippen molar-refractivity contribution in [2.24, 2.45) is 11.8 Å². The van der Waals surface area contributed by atoms with Crippen molar-refractivity contribution in [1.29, 1.82) is 0 Å². The van der Waals surface area contributed by atoms with Gasteiger partial charge in [-0.25, -0.2) is 0 Å². The second-order valence-corrected chi connectivity index (χ2v) is 6.60. The highest BCUT2D eigenvalue weighted by Gasteiger charge is 2.25. The fraction of sp³-hybridized carbons (Fsp3) is 1.00. The molecule has 0 aromatic rings. The molecule has 2 fully saturated rings. The Bertz CT molecular complexity index is 211. The van der Waals surface area contributed by atoms with Crippen molar-refractivity contribution in [3.05, 3.63) is 0 Å². The Morgan fingerprint density at radius 3 is 1.94 bits per heavy atom. The summed E-state index contributed by atoms with van der Waals surface area (Å²) in [4.78, 5) is 2.45. The molecule has 1 aliphatic carbocycles. The maximum Gasteiger partial charge on any atom is 0.00939 e. The van der Waals surface area contributed by atoms with E-state index in [0.717, 1.165) is 23.9 Å². The van der Waals surface area contributed by atoms with Gasteiger partial charge in [0.1, 0.15) is 0 Å². The SMILES string of the molecule is CC(C)C1CCC(NC2CCN(C)CC2)CC1. The van der Waals surface area contributed by atoms with Gasteiger partial charge in [0.25, 0.3) is 0 Å². The molecule has 0 aromatic carbocycles. The smallest absolute Gasteiger partial charge is 0.00939 e. The van der Waals surface area contributed by atoms with Gasteiger partial charge in [-0.05, 0) is 70.5 Å². The highest BCUT2D eigenvalue weighted by atomic mass is 15.1. The van der Waals surface area contributed by atoms with E-state index < -0.39 is 0 Å². The molecule has 1 heterocycles. The Labute approximate surface area is 107 Å². The first-order valence-corrected chi connectivity index (χ1v) is 7.59. The maximum absolute atomic E-state index is 3.91. The zero-order chi connectivity index (χ0) is 12.3. The first kappa shape index (κ1) is 13.4. The van der Waals surface area contributed by atoms with Crippen molar-refractivity contribution in [3.8, 4) is 0 Å². The van der Waals surface area contributed by atoms with Crippen LogP contribution in [0.5, 0.6) is 0 Å². The Kier molecular flexibility index (Phi) is 4.87. The molecule has 2 nitrogen and oxygen atoms in total. The van der Waals surface area contributed by atoms with E-state index in [0.29, 0.717) is 0 Å². The molecule has 2 rings (SSSR count). The monoisotopic (exact) mass is 238 g/mol. The summed E-state index contributed by atoms with van der Waals surface area (Å²) in [5.41, 5.74) is 0. The first-order valence-electron chi connectivity index (χ1n) is 7.59. The summed E-state index contributed by atoms with van der Waals surface area (Å²) in [5, 5.41) is 3.91. The van der Waals surface area contributed by atoms with E-state index in [-0.39, 0.29) is 0 Å². The number of nitrogens with zero attached hydrogens (tertiary/aromatic N) is 1. The lowest BCUT2D eigenvalue weighted by Gasteiger charge is -2.36. The van der Waals surface area contributed by atoms with E-state index in [1.807, 2.05) is 0 Å². The van der Waals surface area contributed by atoms with Gasteiger partial charge in [0.05, 0.1) is 0 Å². The lowest BCUT2D eigenvalue weighted by molar-refractivity contribution is 0.190. The highest BCUT2D eigenvalue weighted by Crippen LogP contribution is 2.30. The summed E-state index contributed by atoms with van der Waals surface area (Å²) in [6.07, 6.45) is 8.41. The molecule has 1 saturated heterocycles. The van der Waals surface area contributed by atoms with Crippen molar-refractivity contribution in [1.82, 2.24) is 10.2 Å². The predicted molar refractivity (Wildman–Crippen MR) is 74.2 cm³/mol. The maximum atomic E-state index is 3.91. The van der Waals surface area contributed by atoms with Crippen molar-refractivity contribution in [3.63, 3.8) is 0 Å². The molecule has 1 aliphatic heterocycles. The Hall–Kier alpha value is -0.0800. The topological polar surface area (TPSA) is 15.3 Å². The molecule has 0 atom stereocenters. The standard InChI is InChI=1S/C15H30N2/c1-12(2)13-4-6-14(7-5-13)16-15-8-10-17(3)11-9-15/h12-16H,4-11H2,1-3H3. The van der Waals surface area contributed by atoms with Crippen molar-refractivity contribution in [2.45, 2.75) is 64.5 Å². The van der Waals surface area contributed by atoms with Gasteiger partial charge in [-0.1, -0.05) is 13.8 Å². The number of nitrogens with one attached hydrogen (secondary N) is 1. The van der Waals surface area contributed by atoms with Gasteiger partial charge >= 0.3 is 0 Å². The molecule has 2 heteroatoms. The van der Waals surface area contributed by atoms with Gasteiger partial charge in [-0.2, -0.15) is 0 Å². The van der Waals surface area contributed by atoms with E-state index in [1.54, 1.807) is 0 Å². The second kappa shape index (κ2) is 6.19. The molecule has 100 valence electrons. The number of hydrogen-bond donors (Lipinski definition) is 1.